The number of carbonyl (C=O) groups is 1. The van der Waals surface area contributed by atoms with Crippen LogP contribution in [-0.4, -0.2) is 33.3 Å². The van der Waals surface area contributed by atoms with Crippen LogP contribution < -0.4 is 5.32 Å². The molecule has 2 N–H and O–H groups in total. The van der Waals surface area contributed by atoms with Crippen LogP contribution in [0.15, 0.2) is 35.1 Å². The molecule has 0 aromatic carbocycles. The van der Waals surface area contributed by atoms with Crippen LogP contribution in [0, 0.1) is 12.8 Å². The molecule has 2 heterocycles. The molecule has 2 aromatic rings. The molecule has 22 heavy (non-hydrogen) atoms. The maximum absolute atomic E-state index is 12.4. The van der Waals surface area contributed by atoms with E-state index in [4.69, 9.17) is 4.52 Å². The SMILES string of the molecule is Cc1oncc1C(=O)N[C@H](Cc1ccccn1)C1CC(O)C1. The van der Waals surface area contributed by atoms with Crippen molar-refractivity contribution in [3.8, 4) is 0 Å². The molecule has 0 radical (unpaired) electrons. The van der Waals surface area contributed by atoms with Crippen LogP contribution >= 0.6 is 0 Å². The van der Waals surface area contributed by atoms with E-state index in [0.29, 0.717) is 30.6 Å². The summed E-state index contributed by atoms with van der Waals surface area (Å²) in [5.41, 5.74) is 1.38. The second-order valence-electron chi connectivity index (χ2n) is 5.79. The Morgan fingerprint density at radius 2 is 2.32 bits per heavy atom. The van der Waals surface area contributed by atoms with Crippen LogP contribution in [0.4, 0.5) is 0 Å². The van der Waals surface area contributed by atoms with E-state index in [9.17, 15) is 9.90 Å². The van der Waals surface area contributed by atoms with Crippen molar-refractivity contribution in [2.45, 2.75) is 38.3 Å². The highest BCUT2D eigenvalue weighted by atomic mass is 16.5. The molecule has 0 unspecified atom stereocenters. The number of pyridine rings is 1. The van der Waals surface area contributed by atoms with Crippen molar-refractivity contribution in [2.75, 3.05) is 0 Å². The first-order chi connectivity index (χ1) is 10.6. The first-order valence-electron chi connectivity index (χ1n) is 7.43. The smallest absolute Gasteiger partial charge is 0.256 e. The van der Waals surface area contributed by atoms with E-state index in [1.165, 1.54) is 6.20 Å². The number of amides is 1. The van der Waals surface area contributed by atoms with E-state index in [-0.39, 0.29) is 24.0 Å². The Morgan fingerprint density at radius 1 is 1.50 bits per heavy atom. The number of nitrogens with zero attached hydrogens (tertiary/aromatic N) is 2. The summed E-state index contributed by atoms with van der Waals surface area (Å²) in [6.45, 7) is 1.71. The molecule has 0 bridgehead atoms. The molecule has 1 fully saturated rings. The number of aliphatic hydroxyl groups excluding tert-OH is 1. The van der Waals surface area contributed by atoms with Crippen molar-refractivity contribution in [3.63, 3.8) is 0 Å². The Bertz CT molecular complexity index is 635. The largest absolute Gasteiger partial charge is 0.393 e. The van der Waals surface area contributed by atoms with Gasteiger partial charge in [0.2, 0.25) is 0 Å². The molecule has 6 heteroatoms. The summed E-state index contributed by atoms with van der Waals surface area (Å²) in [5.74, 6) is 0.574. The summed E-state index contributed by atoms with van der Waals surface area (Å²) in [5, 5.41) is 16.2. The Hall–Kier alpha value is -2.21. The number of hydrogen-bond acceptors (Lipinski definition) is 5. The van der Waals surface area contributed by atoms with Gasteiger partial charge in [0.1, 0.15) is 11.3 Å². The van der Waals surface area contributed by atoms with E-state index in [1.807, 2.05) is 18.2 Å². The van der Waals surface area contributed by atoms with Crippen molar-refractivity contribution in [1.82, 2.24) is 15.5 Å². The minimum absolute atomic E-state index is 0.0555. The summed E-state index contributed by atoms with van der Waals surface area (Å²) < 4.78 is 4.94. The fourth-order valence-electron chi connectivity index (χ4n) is 2.80. The number of aryl methyl sites for hydroxylation is 1. The molecule has 0 aliphatic heterocycles. The van der Waals surface area contributed by atoms with Gasteiger partial charge in [0, 0.05) is 24.4 Å². The third-order valence-electron chi connectivity index (χ3n) is 4.19. The first kappa shape index (κ1) is 14.7. The zero-order valence-electron chi connectivity index (χ0n) is 12.4. The molecule has 3 rings (SSSR count). The minimum atomic E-state index is -0.259. The van der Waals surface area contributed by atoms with Crippen LogP contribution in [0.25, 0.3) is 0 Å². The standard InChI is InChI=1S/C16H19N3O3/c1-10-14(9-18-22-10)16(21)19-15(11-6-13(20)7-11)8-12-4-2-3-5-17-12/h2-5,9,11,13,15,20H,6-8H2,1H3,(H,19,21)/t11?,13?,15-/m1/s1. The van der Waals surface area contributed by atoms with Gasteiger partial charge in [-0.15, -0.1) is 0 Å². The van der Waals surface area contributed by atoms with Crippen LogP contribution in [-0.2, 0) is 6.42 Å². The van der Waals surface area contributed by atoms with E-state index in [0.717, 1.165) is 5.69 Å². The molecule has 6 nitrogen and oxygen atoms in total. The monoisotopic (exact) mass is 301 g/mol. The van der Waals surface area contributed by atoms with E-state index in [2.05, 4.69) is 15.5 Å². The molecule has 1 atom stereocenters. The average molecular weight is 301 g/mol. The predicted octanol–water partition coefficient (Wildman–Crippen LogP) is 1.49. The molecular formula is C16H19N3O3. The summed E-state index contributed by atoms with van der Waals surface area (Å²) >= 11 is 0. The zero-order valence-corrected chi connectivity index (χ0v) is 12.4. The van der Waals surface area contributed by atoms with Gasteiger partial charge in [-0.2, -0.15) is 0 Å². The van der Waals surface area contributed by atoms with E-state index >= 15 is 0 Å². The number of carbonyl (C=O) groups excluding carboxylic acids is 1. The quantitative estimate of drug-likeness (QED) is 0.873. The van der Waals surface area contributed by atoms with Gasteiger partial charge in [-0.3, -0.25) is 9.78 Å². The van der Waals surface area contributed by atoms with Crippen molar-refractivity contribution in [2.24, 2.45) is 5.92 Å². The Balaban J connectivity index is 1.71. The third-order valence-corrected chi connectivity index (χ3v) is 4.19. The highest BCUT2D eigenvalue weighted by Crippen LogP contribution is 2.31. The average Bonchev–Trinajstić information content (AvgIpc) is 2.91. The van der Waals surface area contributed by atoms with Crippen LogP contribution in [0.1, 0.15) is 34.7 Å². The van der Waals surface area contributed by atoms with Crippen LogP contribution in [0.5, 0.6) is 0 Å². The zero-order chi connectivity index (χ0) is 15.5. The van der Waals surface area contributed by atoms with Gasteiger partial charge in [0.25, 0.3) is 5.91 Å². The highest BCUT2D eigenvalue weighted by molar-refractivity contribution is 5.94. The third kappa shape index (κ3) is 3.17. The van der Waals surface area contributed by atoms with E-state index in [1.54, 1.807) is 13.1 Å². The maximum atomic E-state index is 12.4. The lowest BCUT2D eigenvalue weighted by Gasteiger charge is -2.38. The molecule has 116 valence electrons. The van der Waals surface area contributed by atoms with E-state index < -0.39 is 0 Å². The predicted molar refractivity (Wildman–Crippen MR) is 79.2 cm³/mol. The van der Waals surface area contributed by atoms with Crippen LogP contribution in [0.2, 0.25) is 0 Å². The molecule has 1 saturated carbocycles. The van der Waals surface area contributed by atoms with Gasteiger partial charge < -0.3 is 14.9 Å². The fourth-order valence-corrected chi connectivity index (χ4v) is 2.80. The minimum Gasteiger partial charge on any atom is -0.393 e. The Labute approximate surface area is 128 Å². The molecule has 1 aliphatic rings. The van der Waals surface area contributed by atoms with Crippen molar-refractivity contribution in [1.29, 1.82) is 0 Å². The van der Waals surface area contributed by atoms with Gasteiger partial charge in [-0.05, 0) is 37.8 Å². The number of nitrogens with one attached hydrogen (secondary N) is 1. The summed E-state index contributed by atoms with van der Waals surface area (Å²) in [4.78, 5) is 16.7. The second-order valence-corrected chi connectivity index (χ2v) is 5.79. The fraction of sp³-hybridized carbons (Fsp3) is 0.438. The van der Waals surface area contributed by atoms with Gasteiger partial charge >= 0.3 is 0 Å². The second kappa shape index (κ2) is 6.27. The highest BCUT2D eigenvalue weighted by Gasteiger charge is 2.35. The van der Waals surface area contributed by atoms with Crippen LogP contribution in [0.3, 0.4) is 0 Å². The van der Waals surface area contributed by atoms with Crippen molar-refractivity contribution < 1.29 is 14.4 Å². The Kier molecular flexibility index (Phi) is 4.20. The van der Waals surface area contributed by atoms with Crippen molar-refractivity contribution in [3.05, 3.63) is 47.6 Å². The summed E-state index contributed by atoms with van der Waals surface area (Å²) in [6, 6.07) is 5.69. The maximum Gasteiger partial charge on any atom is 0.256 e. The lowest BCUT2D eigenvalue weighted by atomic mass is 9.76. The number of rotatable bonds is 5. The molecule has 1 aliphatic carbocycles. The first-order valence-corrected chi connectivity index (χ1v) is 7.43. The number of aromatic nitrogens is 2. The van der Waals surface area contributed by atoms with Crippen molar-refractivity contribution >= 4 is 5.91 Å². The Morgan fingerprint density at radius 3 is 2.91 bits per heavy atom. The molecule has 0 saturated heterocycles. The number of hydrogen-bond donors (Lipinski definition) is 2. The molecule has 2 aromatic heterocycles. The lowest BCUT2D eigenvalue weighted by molar-refractivity contribution is 0.0237. The lowest BCUT2D eigenvalue weighted by Crippen LogP contribution is -2.48. The van der Waals surface area contributed by atoms with Gasteiger partial charge in [0.15, 0.2) is 0 Å². The molecule has 1 amide bonds. The van der Waals surface area contributed by atoms with Gasteiger partial charge in [0.05, 0.1) is 12.3 Å². The summed E-state index contributed by atoms with van der Waals surface area (Å²) in [6.07, 6.45) is 4.98. The molecule has 0 spiro atoms. The summed E-state index contributed by atoms with van der Waals surface area (Å²) in [7, 11) is 0. The van der Waals surface area contributed by atoms with Gasteiger partial charge in [-0.25, -0.2) is 0 Å². The van der Waals surface area contributed by atoms with Gasteiger partial charge in [-0.1, -0.05) is 11.2 Å². The normalized spacial score (nSPS) is 21.9. The topological polar surface area (TPSA) is 88.3 Å². The number of aliphatic hydroxyl groups is 1. The molecular weight excluding hydrogens is 282 g/mol.